The van der Waals surface area contributed by atoms with Crippen LogP contribution in [0.15, 0.2) is 60.9 Å². The zero-order valence-corrected chi connectivity index (χ0v) is 20.3. The summed E-state index contributed by atoms with van der Waals surface area (Å²) in [5.41, 5.74) is 10.4. The molecule has 2 aromatic carbocycles. The quantitative estimate of drug-likeness (QED) is 0.308. The summed E-state index contributed by atoms with van der Waals surface area (Å²) in [6, 6.07) is 11.3. The Bertz CT molecular complexity index is 1430. The van der Waals surface area contributed by atoms with E-state index in [-0.39, 0.29) is 30.9 Å². The van der Waals surface area contributed by atoms with Gasteiger partial charge in [0.05, 0.1) is 24.1 Å². The first kappa shape index (κ1) is 24.7. The third kappa shape index (κ3) is 5.58. The largest absolute Gasteiger partial charge is 0.396 e. The van der Waals surface area contributed by atoms with Gasteiger partial charge < -0.3 is 5.73 Å². The molecule has 37 heavy (non-hydrogen) atoms. The van der Waals surface area contributed by atoms with Crippen molar-refractivity contribution in [1.29, 1.82) is 0 Å². The number of rotatable bonds is 8. The molecule has 0 saturated carbocycles. The number of anilines is 1. The molecule has 5 rings (SSSR count). The van der Waals surface area contributed by atoms with Gasteiger partial charge in [-0.15, -0.1) is 0 Å². The Hall–Kier alpha value is -3.94. The number of aryl methyl sites for hydroxylation is 1. The van der Waals surface area contributed by atoms with Gasteiger partial charge in [-0.3, -0.25) is 14.5 Å². The van der Waals surface area contributed by atoms with E-state index < -0.39 is 23.4 Å². The number of Topliss-reactive ketones (excluding diaryl/α,β-unsaturated/α-hetero) is 1. The van der Waals surface area contributed by atoms with Crippen molar-refractivity contribution in [2.45, 2.75) is 51.0 Å². The fraction of sp³-hybridized carbons (Fsp3) is 0.276. The van der Waals surface area contributed by atoms with Crippen molar-refractivity contribution in [3.05, 3.63) is 101 Å². The molecule has 0 spiro atoms. The molecule has 0 amide bonds. The van der Waals surface area contributed by atoms with Crippen LogP contribution < -0.4 is 5.73 Å². The second-order valence-electron chi connectivity index (χ2n) is 9.58. The highest BCUT2D eigenvalue weighted by Crippen LogP contribution is 2.34. The highest BCUT2D eigenvalue weighted by atomic mass is 19.1. The number of halogens is 3. The number of carbonyl (C=O) groups is 1. The Morgan fingerprint density at radius 3 is 2.59 bits per heavy atom. The number of hydrogen-bond acceptors (Lipinski definition) is 4. The summed E-state index contributed by atoms with van der Waals surface area (Å²) in [5.74, 6) is -2.44. The van der Waals surface area contributed by atoms with Crippen LogP contribution in [-0.2, 0) is 30.6 Å². The molecule has 190 valence electrons. The summed E-state index contributed by atoms with van der Waals surface area (Å²) in [6.45, 7) is 0.120. The molecule has 8 heteroatoms. The van der Waals surface area contributed by atoms with Crippen LogP contribution >= 0.6 is 0 Å². The molecule has 4 aromatic rings. The van der Waals surface area contributed by atoms with E-state index in [1.165, 1.54) is 29.8 Å². The lowest BCUT2D eigenvalue weighted by atomic mass is 9.86. The number of nitrogens with zero attached hydrogens (tertiary/aromatic N) is 3. The highest BCUT2D eigenvalue weighted by molar-refractivity contribution is 5.80. The average molecular weight is 505 g/mol. The minimum absolute atomic E-state index is 0.00409. The summed E-state index contributed by atoms with van der Waals surface area (Å²) in [5, 5.41) is 4.44. The first-order chi connectivity index (χ1) is 17.9. The number of hydrogen-bond donors (Lipinski definition) is 1. The molecule has 0 saturated heterocycles. The Labute approximate surface area is 213 Å². The average Bonchev–Trinajstić information content (AvgIpc) is 3.27. The minimum atomic E-state index is -0.684. The van der Waals surface area contributed by atoms with Crippen molar-refractivity contribution in [1.82, 2.24) is 14.8 Å². The van der Waals surface area contributed by atoms with E-state index in [1.54, 1.807) is 23.0 Å². The Morgan fingerprint density at radius 2 is 1.81 bits per heavy atom. The fourth-order valence-corrected chi connectivity index (χ4v) is 5.18. The topological polar surface area (TPSA) is 73.8 Å². The number of nitrogens with two attached hydrogens (primary N) is 1. The molecule has 0 unspecified atom stereocenters. The maximum absolute atomic E-state index is 14.0. The maximum Gasteiger partial charge on any atom is 0.154 e. The van der Waals surface area contributed by atoms with Gasteiger partial charge in [-0.2, -0.15) is 5.10 Å². The molecule has 0 radical (unpaired) electrons. The molecule has 5 nitrogen and oxygen atoms in total. The van der Waals surface area contributed by atoms with Crippen LogP contribution in [0, 0.1) is 17.5 Å². The third-order valence-electron chi connectivity index (χ3n) is 6.88. The van der Waals surface area contributed by atoms with Gasteiger partial charge in [0, 0.05) is 35.9 Å². The summed E-state index contributed by atoms with van der Waals surface area (Å²) in [4.78, 5) is 17.9. The van der Waals surface area contributed by atoms with Gasteiger partial charge in [0.2, 0.25) is 0 Å². The smallest absolute Gasteiger partial charge is 0.154 e. The third-order valence-corrected chi connectivity index (χ3v) is 6.88. The van der Waals surface area contributed by atoms with Crippen LogP contribution in [0.4, 0.5) is 18.9 Å². The molecule has 0 aliphatic heterocycles. The van der Waals surface area contributed by atoms with E-state index in [0.717, 1.165) is 37.4 Å². The van der Waals surface area contributed by atoms with Crippen molar-refractivity contribution < 1.29 is 18.0 Å². The fourth-order valence-electron chi connectivity index (χ4n) is 5.18. The Balaban J connectivity index is 1.48. The maximum atomic E-state index is 14.0. The van der Waals surface area contributed by atoms with Crippen molar-refractivity contribution in [2.24, 2.45) is 0 Å². The van der Waals surface area contributed by atoms with Gasteiger partial charge in [-0.1, -0.05) is 12.1 Å². The zero-order chi connectivity index (χ0) is 25.9. The molecule has 1 aliphatic rings. The molecular formula is C29H27F3N4O. The number of pyridine rings is 1. The van der Waals surface area contributed by atoms with E-state index in [4.69, 9.17) is 5.73 Å². The van der Waals surface area contributed by atoms with E-state index in [1.807, 2.05) is 12.3 Å². The van der Waals surface area contributed by atoms with Crippen molar-refractivity contribution in [3.8, 4) is 11.1 Å². The van der Waals surface area contributed by atoms with E-state index in [9.17, 15) is 18.0 Å². The molecule has 2 aromatic heterocycles. The van der Waals surface area contributed by atoms with E-state index >= 15 is 0 Å². The molecule has 2 N–H and O–H groups in total. The summed E-state index contributed by atoms with van der Waals surface area (Å²) in [7, 11) is 0. The molecule has 1 atom stereocenters. The monoisotopic (exact) mass is 504 g/mol. The van der Waals surface area contributed by atoms with Crippen molar-refractivity contribution in [2.75, 3.05) is 5.73 Å². The standard InChI is InChI=1S/C29H27F3N4O/c30-22-11-18(12-23(31)15-22)10-21(13-24(37)17-36-28-6-2-1-4-20(28)16-35-36)29-25(5-3-9-34-29)19-7-8-26(32)27(33)14-19/h3,5,7-9,11-12,14-16,21H,1-2,4,6,10,13,17,33H2/t21-/m1/s1. The second kappa shape index (κ2) is 10.6. The van der Waals surface area contributed by atoms with Gasteiger partial charge in [-0.05, 0) is 79.1 Å². The summed E-state index contributed by atoms with van der Waals surface area (Å²) < 4.78 is 43.6. The van der Waals surface area contributed by atoms with Crippen LogP contribution in [-0.4, -0.2) is 20.5 Å². The first-order valence-corrected chi connectivity index (χ1v) is 12.4. The number of ketones is 1. The SMILES string of the molecule is Nc1cc(-c2cccnc2[C@@H](CC(=O)Cn2ncc3c2CCCC3)Cc2cc(F)cc(F)c2)ccc1F. The summed E-state index contributed by atoms with van der Waals surface area (Å²) in [6.07, 6.45) is 7.78. The lowest BCUT2D eigenvalue weighted by Crippen LogP contribution is -2.19. The molecule has 0 bridgehead atoms. The normalized spacial score (nSPS) is 13.8. The predicted molar refractivity (Wildman–Crippen MR) is 135 cm³/mol. The second-order valence-corrected chi connectivity index (χ2v) is 9.58. The minimum Gasteiger partial charge on any atom is -0.396 e. The van der Waals surface area contributed by atoms with Crippen LogP contribution in [0.2, 0.25) is 0 Å². The van der Waals surface area contributed by atoms with E-state index in [2.05, 4.69) is 10.1 Å². The molecular weight excluding hydrogens is 477 g/mol. The van der Waals surface area contributed by atoms with Crippen molar-refractivity contribution in [3.63, 3.8) is 0 Å². The molecule has 2 heterocycles. The Morgan fingerprint density at radius 1 is 1.03 bits per heavy atom. The molecule has 0 fully saturated rings. The van der Waals surface area contributed by atoms with E-state index in [0.29, 0.717) is 22.4 Å². The number of carbonyl (C=O) groups excluding carboxylic acids is 1. The molecule has 1 aliphatic carbocycles. The van der Waals surface area contributed by atoms with Crippen molar-refractivity contribution >= 4 is 11.5 Å². The first-order valence-electron chi connectivity index (χ1n) is 12.4. The number of fused-ring (bicyclic) bond motifs is 1. The highest BCUT2D eigenvalue weighted by Gasteiger charge is 2.24. The lowest BCUT2D eigenvalue weighted by molar-refractivity contribution is -0.120. The van der Waals surface area contributed by atoms with Crippen LogP contribution in [0.1, 0.15) is 47.7 Å². The van der Waals surface area contributed by atoms with Gasteiger partial charge in [0.1, 0.15) is 17.5 Å². The van der Waals surface area contributed by atoms with Crippen LogP contribution in [0.25, 0.3) is 11.1 Å². The Kier molecular flexibility index (Phi) is 7.08. The van der Waals surface area contributed by atoms with Gasteiger partial charge >= 0.3 is 0 Å². The van der Waals surface area contributed by atoms with Crippen LogP contribution in [0.5, 0.6) is 0 Å². The van der Waals surface area contributed by atoms with Gasteiger partial charge in [0.25, 0.3) is 0 Å². The number of aromatic nitrogens is 3. The van der Waals surface area contributed by atoms with Gasteiger partial charge in [-0.25, -0.2) is 13.2 Å². The zero-order valence-electron chi connectivity index (χ0n) is 20.3. The lowest BCUT2D eigenvalue weighted by Gasteiger charge is -2.20. The predicted octanol–water partition coefficient (Wildman–Crippen LogP) is 5.81. The number of benzene rings is 2. The van der Waals surface area contributed by atoms with Crippen LogP contribution in [0.3, 0.4) is 0 Å². The number of nitrogen functional groups attached to an aromatic ring is 1. The van der Waals surface area contributed by atoms with Gasteiger partial charge in [0.15, 0.2) is 5.78 Å². The summed E-state index contributed by atoms with van der Waals surface area (Å²) >= 11 is 0.